The van der Waals surface area contributed by atoms with Gasteiger partial charge in [0.05, 0.1) is 12.7 Å². The predicted octanol–water partition coefficient (Wildman–Crippen LogP) is -1.10. The molecule has 2 saturated heterocycles. The second-order valence-electron chi connectivity index (χ2n) is 9.94. The summed E-state index contributed by atoms with van der Waals surface area (Å²) in [6.07, 6.45) is -15.3. The number of hydrogen-bond acceptors (Lipinski definition) is 14. The summed E-state index contributed by atoms with van der Waals surface area (Å²) in [5, 5.41) is 81.4. The van der Waals surface area contributed by atoms with Crippen molar-refractivity contribution in [1.29, 1.82) is 0 Å². The standard InChI is InChI=1S/C27H30O14/c1-10-20(32)22(34)24(36)26(37-10)41-25-23(35)21(33)18(9-28)40-27(25)38-13-6-14(30)19-15(31)8-16(39-17(19)7-13)11-2-4-12(29)5-3-11/h2-8,10,18,20-30,32-36H,9H2,1H3/t10-,18+,20+,21+,22+,23-,24-,25+,26+,27-/m0/s1. The SMILES string of the molecule is C[C@@H]1O[C@H](O[C@H]2[C@@H](Oc3cc(O)c4c(=O)cc(-c5ccc(O)cc5)oc4c3)O[C@H](CO)[C@@H](O)[C@@H]2O)[C@@H](O)[C@H](O)[C@@H]1O. The Hall–Kier alpha value is -3.31. The number of benzene rings is 2. The zero-order chi connectivity index (χ0) is 29.6. The molecule has 2 aliphatic heterocycles. The first kappa shape index (κ1) is 29.2. The van der Waals surface area contributed by atoms with Gasteiger partial charge in [-0.3, -0.25) is 4.79 Å². The molecule has 8 N–H and O–H groups in total. The fourth-order valence-electron chi connectivity index (χ4n) is 4.79. The molecule has 0 radical (unpaired) electrons. The normalized spacial score (nSPS) is 34.0. The summed E-state index contributed by atoms with van der Waals surface area (Å²) >= 11 is 0. The average Bonchev–Trinajstić information content (AvgIpc) is 2.94. The van der Waals surface area contributed by atoms with Crippen molar-refractivity contribution >= 4 is 11.0 Å². The van der Waals surface area contributed by atoms with E-state index >= 15 is 0 Å². The van der Waals surface area contributed by atoms with Crippen LogP contribution < -0.4 is 10.2 Å². The minimum atomic E-state index is -1.76. The van der Waals surface area contributed by atoms with Crippen molar-refractivity contribution < 1.29 is 64.2 Å². The van der Waals surface area contributed by atoms with Crippen LogP contribution in [0.25, 0.3) is 22.3 Å². The molecule has 0 saturated carbocycles. The fourth-order valence-corrected chi connectivity index (χ4v) is 4.79. The lowest BCUT2D eigenvalue weighted by atomic mass is 9.97. The third kappa shape index (κ3) is 5.61. The lowest BCUT2D eigenvalue weighted by molar-refractivity contribution is -0.354. The van der Waals surface area contributed by atoms with Crippen molar-refractivity contribution in [3.63, 3.8) is 0 Å². The summed E-state index contributed by atoms with van der Waals surface area (Å²) in [6.45, 7) is 0.704. The maximum atomic E-state index is 12.8. The van der Waals surface area contributed by atoms with Gasteiger partial charge in [-0.25, -0.2) is 0 Å². The number of aliphatic hydroxyl groups is 6. The van der Waals surface area contributed by atoms with Crippen LogP contribution in [0.4, 0.5) is 0 Å². The Morgan fingerprint density at radius 3 is 2.22 bits per heavy atom. The molecule has 3 heterocycles. The van der Waals surface area contributed by atoms with Gasteiger partial charge in [0, 0.05) is 23.8 Å². The van der Waals surface area contributed by atoms with E-state index in [0.717, 1.165) is 6.07 Å². The van der Waals surface area contributed by atoms with Gasteiger partial charge < -0.3 is 64.2 Å². The number of hydrogen-bond donors (Lipinski definition) is 8. The van der Waals surface area contributed by atoms with Gasteiger partial charge in [0.25, 0.3) is 0 Å². The van der Waals surface area contributed by atoms with Gasteiger partial charge in [-0.1, -0.05) is 0 Å². The highest BCUT2D eigenvalue weighted by Crippen LogP contribution is 2.35. The van der Waals surface area contributed by atoms with Crippen LogP contribution >= 0.6 is 0 Å². The highest BCUT2D eigenvalue weighted by molar-refractivity contribution is 5.86. The third-order valence-electron chi connectivity index (χ3n) is 7.11. The van der Waals surface area contributed by atoms with Crippen LogP contribution in [0.15, 0.2) is 51.7 Å². The molecule has 0 spiro atoms. The Labute approximate surface area is 231 Å². The van der Waals surface area contributed by atoms with Crippen molar-refractivity contribution in [3.05, 3.63) is 52.7 Å². The number of fused-ring (bicyclic) bond motifs is 1. The minimum Gasteiger partial charge on any atom is -0.508 e. The first-order valence-electron chi connectivity index (χ1n) is 12.7. The molecule has 2 aliphatic rings. The molecule has 222 valence electrons. The highest BCUT2D eigenvalue weighted by Gasteiger charge is 2.50. The Morgan fingerprint density at radius 1 is 0.829 bits per heavy atom. The van der Waals surface area contributed by atoms with E-state index in [9.17, 15) is 45.6 Å². The van der Waals surface area contributed by atoms with E-state index in [2.05, 4.69) is 0 Å². The summed E-state index contributed by atoms with van der Waals surface area (Å²) in [4.78, 5) is 12.8. The van der Waals surface area contributed by atoms with Crippen LogP contribution in [0.1, 0.15) is 6.92 Å². The monoisotopic (exact) mass is 578 g/mol. The summed E-state index contributed by atoms with van der Waals surface area (Å²) < 4.78 is 28.4. The number of aromatic hydroxyl groups is 2. The molecular formula is C27H30O14. The predicted molar refractivity (Wildman–Crippen MR) is 137 cm³/mol. The molecule has 14 nitrogen and oxygen atoms in total. The van der Waals surface area contributed by atoms with Crippen molar-refractivity contribution in [1.82, 2.24) is 0 Å². The molecule has 0 unspecified atom stereocenters. The van der Waals surface area contributed by atoms with E-state index in [-0.39, 0.29) is 28.2 Å². The molecule has 14 heteroatoms. The summed E-state index contributed by atoms with van der Waals surface area (Å²) in [5.41, 5.74) is -0.182. The molecule has 0 aliphatic carbocycles. The van der Waals surface area contributed by atoms with E-state index in [0.29, 0.717) is 5.56 Å². The van der Waals surface area contributed by atoms with Crippen molar-refractivity contribution in [2.45, 2.75) is 68.3 Å². The maximum Gasteiger partial charge on any atom is 0.229 e. The average molecular weight is 579 g/mol. The molecular weight excluding hydrogens is 548 g/mol. The highest BCUT2D eigenvalue weighted by atomic mass is 16.8. The van der Waals surface area contributed by atoms with Crippen LogP contribution in [0, 0.1) is 0 Å². The topological polar surface area (TPSA) is 229 Å². The first-order valence-corrected chi connectivity index (χ1v) is 12.7. The van der Waals surface area contributed by atoms with Crippen LogP contribution in [0.2, 0.25) is 0 Å². The minimum absolute atomic E-state index is 0.00857. The van der Waals surface area contributed by atoms with E-state index < -0.39 is 79.2 Å². The molecule has 41 heavy (non-hydrogen) atoms. The van der Waals surface area contributed by atoms with Gasteiger partial charge in [0.2, 0.25) is 6.29 Å². The largest absolute Gasteiger partial charge is 0.508 e. The Balaban J connectivity index is 1.47. The number of phenolic OH excluding ortho intramolecular Hbond substituents is 2. The first-order chi connectivity index (χ1) is 19.5. The Kier molecular flexibility index (Phi) is 8.20. The zero-order valence-electron chi connectivity index (χ0n) is 21.5. The van der Waals surface area contributed by atoms with Gasteiger partial charge >= 0.3 is 0 Å². The Bertz CT molecular complexity index is 1420. The van der Waals surface area contributed by atoms with Crippen LogP contribution in [-0.2, 0) is 14.2 Å². The molecule has 0 amide bonds. The van der Waals surface area contributed by atoms with Crippen LogP contribution in [0.5, 0.6) is 17.2 Å². The van der Waals surface area contributed by atoms with Crippen molar-refractivity contribution in [3.8, 4) is 28.6 Å². The second-order valence-corrected chi connectivity index (χ2v) is 9.94. The van der Waals surface area contributed by atoms with Gasteiger partial charge in [-0.15, -0.1) is 0 Å². The van der Waals surface area contributed by atoms with Crippen LogP contribution in [-0.4, -0.2) is 109 Å². The molecule has 2 aromatic carbocycles. The van der Waals surface area contributed by atoms with E-state index in [1.807, 2.05) is 0 Å². The summed E-state index contributed by atoms with van der Waals surface area (Å²) in [7, 11) is 0. The summed E-state index contributed by atoms with van der Waals surface area (Å²) in [6, 6.07) is 9.38. The van der Waals surface area contributed by atoms with Gasteiger partial charge in [0.15, 0.2) is 17.8 Å². The molecule has 10 atom stereocenters. The molecule has 0 bridgehead atoms. The number of phenols is 2. The van der Waals surface area contributed by atoms with Gasteiger partial charge in [0.1, 0.15) is 70.6 Å². The lowest BCUT2D eigenvalue weighted by Crippen LogP contribution is -2.64. The zero-order valence-corrected chi connectivity index (χ0v) is 21.5. The number of rotatable bonds is 6. The van der Waals surface area contributed by atoms with E-state index in [1.165, 1.54) is 43.3 Å². The number of ether oxygens (including phenoxy) is 4. The maximum absolute atomic E-state index is 12.8. The summed E-state index contributed by atoms with van der Waals surface area (Å²) in [5.74, 6) is -0.498. The quantitative estimate of drug-likeness (QED) is 0.174. The molecule has 3 aromatic rings. The Morgan fingerprint density at radius 2 is 1.54 bits per heavy atom. The van der Waals surface area contributed by atoms with Crippen molar-refractivity contribution in [2.24, 2.45) is 0 Å². The van der Waals surface area contributed by atoms with E-state index in [4.69, 9.17) is 23.4 Å². The number of aliphatic hydroxyl groups excluding tert-OH is 6. The van der Waals surface area contributed by atoms with Gasteiger partial charge in [-0.2, -0.15) is 0 Å². The molecule has 5 rings (SSSR count). The lowest BCUT2D eigenvalue weighted by Gasteiger charge is -2.45. The molecule has 1 aromatic heterocycles. The fraction of sp³-hybridized carbons (Fsp3) is 0.444. The molecule has 2 fully saturated rings. The van der Waals surface area contributed by atoms with Gasteiger partial charge in [-0.05, 0) is 31.2 Å². The third-order valence-corrected chi connectivity index (χ3v) is 7.11. The van der Waals surface area contributed by atoms with Crippen LogP contribution in [0.3, 0.4) is 0 Å². The second kappa shape index (κ2) is 11.5. The smallest absolute Gasteiger partial charge is 0.229 e. The van der Waals surface area contributed by atoms with E-state index in [1.54, 1.807) is 0 Å². The van der Waals surface area contributed by atoms with Crippen molar-refractivity contribution in [2.75, 3.05) is 6.61 Å².